The fraction of sp³-hybridized carbons (Fsp3) is 0.0833. The van der Waals surface area contributed by atoms with Crippen molar-refractivity contribution in [1.29, 1.82) is 0 Å². The molecule has 0 saturated heterocycles. The number of carbonyl (C=O) groups is 1. The molecule has 0 aromatic heterocycles. The number of amides is 1. The van der Waals surface area contributed by atoms with Crippen LogP contribution in [0.25, 0.3) is 10.8 Å². The van der Waals surface area contributed by atoms with Crippen molar-refractivity contribution >= 4 is 34.0 Å². The lowest BCUT2D eigenvalue weighted by Gasteiger charge is -2.09. The molecule has 3 N–H and O–H groups in total. The van der Waals surface area contributed by atoms with Crippen molar-refractivity contribution in [2.75, 3.05) is 11.9 Å². The summed E-state index contributed by atoms with van der Waals surface area (Å²) < 4.78 is 0. The molecule has 0 unspecified atom stereocenters. The first kappa shape index (κ1) is 11.7. The molecule has 0 radical (unpaired) electrons. The lowest BCUT2D eigenvalue weighted by atomic mass is 10.1. The van der Waals surface area contributed by atoms with Gasteiger partial charge in [0, 0.05) is 16.5 Å². The fourth-order valence-electron chi connectivity index (χ4n) is 1.61. The van der Waals surface area contributed by atoms with Crippen molar-refractivity contribution in [1.82, 2.24) is 0 Å². The van der Waals surface area contributed by atoms with Crippen LogP contribution in [0.3, 0.4) is 0 Å². The number of hydrogen-bond donors (Lipinski definition) is 3. The van der Waals surface area contributed by atoms with Gasteiger partial charge < -0.3 is 15.5 Å². The zero-order chi connectivity index (χ0) is 12.4. The highest BCUT2D eigenvalue weighted by Gasteiger charge is 2.09. The molecule has 0 aliphatic carbocycles. The van der Waals surface area contributed by atoms with Crippen LogP contribution < -0.4 is 5.32 Å². The number of rotatable bonds is 2. The number of nitrogens with one attached hydrogen (secondary N) is 1. The number of aromatic hydroxyl groups is 1. The summed E-state index contributed by atoms with van der Waals surface area (Å²) in [5, 5.41) is 22.5. The molecule has 0 bridgehead atoms. The predicted octanol–water partition coefficient (Wildman–Crippen LogP) is 2.13. The minimum absolute atomic E-state index is 0.0238. The van der Waals surface area contributed by atoms with Gasteiger partial charge in [0.1, 0.15) is 12.4 Å². The van der Waals surface area contributed by atoms with E-state index >= 15 is 0 Å². The van der Waals surface area contributed by atoms with Crippen LogP contribution in [0, 0.1) is 0 Å². The number of aliphatic hydroxyl groups excluding tert-OH is 1. The largest absolute Gasteiger partial charge is 0.506 e. The number of halogens is 1. The Hall–Kier alpha value is -1.78. The van der Waals surface area contributed by atoms with Gasteiger partial charge in [-0.1, -0.05) is 29.8 Å². The Morgan fingerprint density at radius 1 is 1.24 bits per heavy atom. The third-order valence-corrected chi connectivity index (χ3v) is 2.71. The van der Waals surface area contributed by atoms with Crippen LogP contribution in [0.1, 0.15) is 0 Å². The van der Waals surface area contributed by atoms with Gasteiger partial charge in [0.2, 0.25) is 5.91 Å². The van der Waals surface area contributed by atoms with Crippen molar-refractivity contribution in [2.45, 2.75) is 0 Å². The van der Waals surface area contributed by atoms with Crippen molar-refractivity contribution in [2.24, 2.45) is 0 Å². The Morgan fingerprint density at radius 3 is 2.71 bits per heavy atom. The summed E-state index contributed by atoms with van der Waals surface area (Å²) in [4.78, 5) is 11.1. The van der Waals surface area contributed by atoms with Gasteiger partial charge in [0.05, 0.1) is 5.02 Å². The number of benzene rings is 2. The van der Waals surface area contributed by atoms with E-state index in [1.165, 1.54) is 0 Å². The van der Waals surface area contributed by atoms with Crippen molar-refractivity contribution in [3.05, 3.63) is 35.4 Å². The number of phenolic OH excluding ortho intramolecular Hbond substituents is 1. The predicted molar refractivity (Wildman–Crippen MR) is 66.3 cm³/mol. The molecule has 2 aromatic carbocycles. The van der Waals surface area contributed by atoms with E-state index in [1.54, 1.807) is 30.3 Å². The second-order valence-corrected chi connectivity index (χ2v) is 3.91. The third-order valence-electron chi connectivity index (χ3n) is 2.40. The summed E-state index contributed by atoms with van der Waals surface area (Å²) in [6, 6.07) is 8.32. The summed E-state index contributed by atoms with van der Waals surface area (Å²) >= 11 is 5.80. The van der Waals surface area contributed by atoms with Crippen LogP contribution in [0.4, 0.5) is 5.69 Å². The second-order valence-electron chi connectivity index (χ2n) is 3.50. The summed E-state index contributed by atoms with van der Waals surface area (Å²) in [7, 11) is 0. The van der Waals surface area contributed by atoms with E-state index in [9.17, 15) is 9.90 Å². The molecule has 0 aliphatic heterocycles. The quantitative estimate of drug-likeness (QED) is 0.766. The maximum absolute atomic E-state index is 11.1. The monoisotopic (exact) mass is 251 g/mol. The Kier molecular flexibility index (Phi) is 3.17. The molecule has 0 spiro atoms. The van der Waals surface area contributed by atoms with Gasteiger partial charge in [-0.3, -0.25) is 4.79 Å². The number of hydrogen-bond acceptors (Lipinski definition) is 3. The Morgan fingerprint density at radius 2 is 2.00 bits per heavy atom. The van der Waals surface area contributed by atoms with Gasteiger partial charge in [-0.2, -0.15) is 0 Å². The smallest absolute Gasteiger partial charge is 0.250 e. The lowest BCUT2D eigenvalue weighted by Crippen LogP contribution is -2.15. The Balaban J connectivity index is 2.58. The second kappa shape index (κ2) is 4.61. The zero-order valence-electron chi connectivity index (χ0n) is 8.77. The number of carbonyl (C=O) groups excluding carboxylic acids is 1. The van der Waals surface area contributed by atoms with Crippen LogP contribution in [-0.2, 0) is 4.79 Å². The molecule has 0 saturated carbocycles. The molecule has 1 amide bonds. The summed E-state index contributed by atoms with van der Waals surface area (Å²) in [5.74, 6) is -0.531. The minimum Gasteiger partial charge on any atom is -0.506 e. The molecular weight excluding hydrogens is 242 g/mol. The van der Waals surface area contributed by atoms with E-state index in [0.717, 1.165) is 0 Å². The number of anilines is 1. The highest BCUT2D eigenvalue weighted by molar-refractivity contribution is 6.33. The van der Waals surface area contributed by atoms with Gasteiger partial charge in [-0.15, -0.1) is 0 Å². The van der Waals surface area contributed by atoms with Gasteiger partial charge in [-0.25, -0.2) is 0 Å². The average molecular weight is 252 g/mol. The first-order chi connectivity index (χ1) is 8.13. The molecule has 0 atom stereocenters. The standard InChI is InChI=1S/C12H10ClNO3/c13-9-5-4-7-8(12(9)17)2-1-3-10(7)14-11(16)6-15/h1-5,15,17H,6H2,(H,14,16). The van der Waals surface area contributed by atoms with Gasteiger partial charge >= 0.3 is 0 Å². The van der Waals surface area contributed by atoms with E-state index in [-0.39, 0.29) is 10.8 Å². The normalized spacial score (nSPS) is 10.5. The number of fused-ring (bicyclic) bond motifs is 1. The van der Waals surface area contributed by atoms with Crippen LogP contribution in [0.5, 0.6) is 5.75 Å². The van der Waals surface area contributed by atoms with E-state index in [1.807, 2.05) is 0 Å². The molecule has 0 aliphatic rings. The Bertz CT molecular complexity index is 583. The highest BCUT2D eigenvalue weighted by atomic mass is 35.5. The van der Waals surface area contributed by atoms with Crippen LogP contribution in [0.2, 0.25) is 5.02 Å². The maximum atomic E-state index is 11.1. The first-order valence-corrected chi connectivity index (χ1v) is 5.32. The molecule has 2 rings (SSSR count). The molecule has 0 fully saturated rings. The first-order valence-electron chi connectivity index (χ1n) is 4.94. The van der Waals surface area contributed by atoms with Crippen LogP contribution >= 0.6 is 11.6 Å². The van der Waals surface area contributed by atoms with Gasteiger partial charge in [0.25, 0.3) is 0 Å². The molecule has 2 aromatic rings. The SMILES string of the molecule is O=C(CO)Nc1cccc2c(O)c(Cl)ccc12. The average Bonchev–Trinajstić information content (AvgIpc) is 2.34. The topological polar surface area (TPSA) is 69.6 Å². The highest BCUT2D eigenvalue weighted by Crippen LogP contribution is 2.35. The summed E-state index contributed by atoms with van der Waals surface area (Å²) in [6.07, 6.45) is 0. The van der Waals surface area contributed by atoms with E-state index < -0.39 is 12.5 Å². The maximum Gasteiger partial charge on any atom is 0.250 e. The molecule has 17 heavy (non-hydrogen) atoms. The molecule has 5 heteroatoms. The van der Waals surface area contributed by atoms with Crippen molar-refractivity contribution in [3.63, 3.8) is 0 Å². The number of aliphatic hydroxyl groups is 1. The molecule has 88 valence electrons. The van der Waals surface area contributed by atoms with Crippen LogP contribution in [0.15, 0.2) is 30.3 Å². The van der Waals surface area contributed by atoms with Gasteiger partial charge in [0.15, 0.2) is 0 Å². The zero-order valence-corrected chi connectivity index (χ0v) is 9.53. The van der Waals surface area contributed by atoms with Crippen molar-refractivity contribution in [3.8, 4) is 5.75 Å². The third kappa shape index (κ3) is 2.18. The number of phenols is 1. The molecule has 4 nitrogen and oxygen atoms in total. The van der Waals surface area contributed by atoms with Crippen LogP contribution in [-0.4, -0.2) is 22.7 Å². The molecule has 0 heterocycles. The summed E-state index contributed by atoms with van der Waals surface area (Å²) in [6.45, 7) is -0.587. The fourth-order valence-corrected chi connectivity index (χ4v) is 1.78. The van der Waals surface area contributed by atoms with Gasteiger partial charge in [-0.05, 0) is 12.1 Å². The minimum atomic E-state index is -0.587. The van der Waals surface area contributed by atoms with Crippen molar-refractivity contribution < 1.29 is 15.0 Å². The summed E-state index contributed by atoms with van der Waals surface area (Å²) in [5.41, 5.74) is 0.522. The Labute approximate surface area is 102 Å². The van der Waals surface area contributed by atoms with E-state index in [4.69, 9.17) is 16.7 Å². The lowest BCUT2D eigenvalue weighted by molar-refractivity contribution is -0.118. The van der Waals surface area contributed by atoms with E-state index in [2.05, 4.69) is 5.32 Å². The molecular formula is C12H10ClNO3. The van der Waals surface area contributed by atoms with E-state index in [0.29, 0.717) is 16.5 Å².